The number of hydrogen-bond donors (Lipinski definition) is 2. The first-order chi connectivity index (χ1) is 5.65. The summed E-state index contributed by atoms with van der Waals surface area (Å²) in [5.74, 6) is 0.0420. The lowest BCUT2D eigenvalue weighted by Gasteiger charge is -2.20. The number of amides is 1. The van der Waals surface area contributed by atoms with E-state index in [1.165, 1.54) is 0 Å². The maximum Gasteiger partial charge on any atom is 0.234 e. The highest BCUT2D eigenvalue weighted by Gasteiger charge is 2.27. The molecule has 1 aliphatic heterocycles. The van der Waals surface area contributed by atoms with Gasteiger partial charge in [-0.15, -0.1) is 0 Å². The van der Waals surface area contributed by atoms with E-state index in [1.54, 1.807) is 0 Å². The Morgan fingerprint density at radius 3 is 2.92 bits per heavy atom. The number of carbonyl (C=O) groups is 1. The number of hydrogen-bond acceptors (Lipinski definition) is 3. The van der Waals surface area contributed by atoms with Gasteiger partial charge >= 0.3 is 0 Å². The van der Waals surface area contributed by atoms with E-state index in [1.807, 2.05) is 11.8 Å². The minimum absolute atomic E-state index is 0.193. The molecule has 0 aliphatic carbocycles. The zero-order valence-electron chi connectivity index (χ0n) is 7.36. The molecule has 0 radical (unpaired) electrons. The molecule has 0 aromatic rings. The Kier molecular flexibility index (Phi) is 3.05. The minimum Gasteiger partial charge on any atom is -0.396 e. The van der Waals surface area contributed by atoms with E-state index in [4.69, 9.17) is 10.8 Å². The predicted molar refractivity (Wildman–Crippen MR) is 45.4 cm³/mol. The third-order valence-corrected chi connectivity index (χ3v) is 2.53. The van der Waals surface area contributed by atoms with Gasteiger partial charge in [0.05, 0.1) is 6.04 Å². The molecule has 0 spiro atoms. The van der Waals surface area contributed by atoms with E-state index in [0.29, 0.717) is 5.92 Å². The molecular formula is C8H16N2O2. The van der Waals surface area contributed by atoms with Crippen LogP contribution in [-0.4, -0.2) is 41.7 Å². The van der Waals surface area contributed by atoms with Crippen LogP contribution in [-0.2, 0) is 4.79 Å². The fourth-order valence-corrected chi connectivity index (χ4v) is 1.54. The molecule has 3 N–H and O–H groups in total. The Labute approximate surface area is 72.3 Å². The second-order valence-electron chi connectivity index (χ2n) is 3.41. The molecule has 1 amide bonds. The summed E-state index contributed by atoms with van der Waals surface area (Å²) < 4.78 is 0. The quantitative estimate of drug-likeness (QED) is 0.584. The highest BCUT2D eigenvalue weighted by molar-refractivity contribution is 5.79. The first kappa shape index (κ1) is 9.48. The Morgan fingerprint density at radius 2 is 2.50 bits per heavy atom. The predicted octanol–water partition coefficient (Wildman–Crippen LogP) is -0.826. The monoisotopic (exact) mass is 172 g/mol. The maximum atomic E-state index is 10.8. The summed E-state index contributed by atoms with van der Waals surface area (Å²) >= 11 is 0. The highest BCUT2D eigenvalue weighted by atomic mass is 16.3. The zero-order chi connectivity index (χ0) is 9.14. The van der Waals surface area contributed by atoms with Crippen molar-refractivity contribution in [1.82, 2.24) is 4.90 Å². The summed E-state index contributed by atoms with van der Waals surface area (Å²) in [4.78, 5) is 12.8. The number of carbonyl (C=O) groups excluding carboxylic acids is 1. The molecule has 4 nitrogen and oxygen atoms in total. The first-order valence-electron chi connectivity index (χ1n) is 4.29. The Hall–Kier alpha value is -0.610. The molecule has 1 heterocycles. The Morgan fingerprint density at radius 1 is 1.83 bits per heavy atom. The topological polar surface area (TPSA) is 66.6 Å². The standard InChI is InChI=1S/C8H16N2O2/c1-6(8(9)12)10-3-2-7(4-10)5-11/h6-7,11H,2-5H2,1H3,(H2,9,12). The van der Waals surface area contributed by atoms with Crippen molar-refractivity contribution < 1.29 is 9.90 Å². The van der Waals surface area contributed by atoms with Crippen LogP contribution in [0.3, 0.4) is 0 Å². The Balaban J connectivity index is 2.41. The van der Waals surface area contributed by atoms with E-state index in [9.17, 15) is 4.79 Å². The number of primary amides is 1. The van der Waals surface area contributed by atoms with Gasteiger partial charge in [-0.1, -0.05) is 0 Å². The molecule has 0 aromatic carbocycles. The second-order valence-corrected chi connectivity index (χ2v) is 3.41. The van der Waals surface area contributed by atoms with Gasteiger partial charge in [0.2, 0.25) is 5.91 Å². The van der Waals surface area contributed by atoms with Crippen molar-refractivity contribution >= 4 is 5.91 Å². The summed E-state index contributed by atoms with van der Waals surface area (Å²) in [6, 6.07) is -0.193. The second kappa shape index (κ2) is 3.87. The van der Waals surface area contributed by atoms with Crippen LogP contribution in [0.2, 0.25) is 0 Å². The molecule has 0 saturated carbocycles. The van der Waals surface area contributed by atoms with Gasteiger partial charge in [-0.3, -0.25) is 9.69 Å². The van der Waals surface area contributed by atoms with Crippen LogP contribution in [0.1, 0.15) is 13.3 Å². The summed E-state index contributed by atoms with van der Waals surface area (Å²) in [6.45, 7) is 3.68. The molecule has 4 heteroatoms. The van der Waals surface area contributed by atoms with Crippen LogP contribution < -0.4 is 5.73 Å². The lowest BCUT2D eigenvalue weighted by molar-refractivity contribution is -0.122. The molecule has 70 valence electrons. The largest absolute Gasteiger partial charge is 0.396 e. The van der Waals surface area contributed by atoms with E-state index in [2.05, 4.69) is 0 Å². The molecule has 12 heavy (non-hydrogen) atoms. The molecule has 0 aromatic heterocycles. The molecular weight excluding hydrogens is 156 g/mol. The molecule has 1 rings (SSSR count). The van der Waals surface area contributed by atoms with Gasteiger partial charge in [0.1, 0.15) is 0 Å². The first-order valence-corrected chi connectivity index (χ1v) is 4.29. The SMILES string of the molecule is CC(C(N)=O)N1CCC(CO)C1. The van der Waals surface area contributed by atoms with Gasteiger partial charge in [0.25, 0.3) is 0 Å². The van der Waals surface area contributed by atoms with E-state index >= 15 is 0 Å². The lowest BCUT2D eigenvalue weighted by atomic mass is 10.1. The van der Waals surface area contributed by atoms with Crippen molar-refractivity contribution in [3.8, 4) is 0 Å². The van der Waals surface area contributed by atoms with Crippen LogP contribution in [0.4, 0.5) is 0 Å². The van der Waals surface area contributed by atoms with Crippen LogP contribution in [0, 0.1) is 5.92 Å². The van der Waals surface area contributed by atoms with Crippen molar-refractivity contribution in [2.24, 2.45) is 11.7 Å². The van der Waals surface area contributed by atoms with Crippen molar-refractivity contribution in [3.05, 3.63) is 0 Å². The van der Waals surface area contributed by atoms with Gasteiger partial charge in [0, 0.05) is 13.2 Å². The van der Waals surface area contributed by atoms with Crippen LogP contribution in [0.5, 0.6) is 0 Å². The van der Waals surface area contributed by atoms with E-state index < -0.39 is 0 Å². The average molecular weight is 172 g/mol. The summed E-state index contributed by atoms with van der Waals surface area (Å²) in [5.41, 5.74) is 5.16. The lowest BCUT2D eigenvalue weighted by Crippen LogP contribution is -2.41. The van der Waals surface area contributed by atoms with E-state index in [-0.39, 0.29) is 18.6 Å². The fraction of sp³-hybridized carbons (Fsp3) is 0.875. The number of likely N-dealkylation sites (tertiary alicyclic amines) is 1. The van der Waals surface area contributed by atoms with Gasteiger partial charge < -0.3 is 10.8 Å². The molecule has 1 aliphatic rings. The zero-order valence-corrected chi connectivity index (χ0v) is 7.36. The number of rotatable bonds is 3. The van der Waals surface area contributed by atoms with E-state index in [0.717, 1.165) is 19.5 Å². The maximum absolute atomic E-state index is 10.8. The molecule has 1 fully saturated rings. The van der Waals surface area contributed by atoms with Crippen molar-refractivity contribution in [3.63, 3.8) is 0 Å². The van der Waals surface area contributed by atoms with Gasteiger partial charge in [-0.2, -0.15) is 0 Å². The summed E-state index contributed by atoms with van der Waals surface area (Å²) in [5, 5.41) is 8.86. The third kappa shape index (κ3) is 1.95. The average Bonchev–Trinajstić information content (AvgIpc) is 2.50. The van der Waals surface area contributed by atoms with Gasteiger partial charge in [-0.05, 0) is 25.8 Å². The highest BCUT2D eigenvalue weighted by Crippen LogP contribution is 2.17. The molecule has 0 bridgehead atoms. The fourth-order valence-electron chi connectivity index (χ4n) is 1.54. The van der Waals surface area contributed by atoms with Crippen molar-refractivity contribution in [2.75, 3.05) is 19.7 Å². The number of nitrogens with two attached hydrogens (primary N) is 1. The van der Waals surface area contributed by atoms with Gasteiger partial charge in [0.15, 0.2) is 0 Å². The summed E-state index contributed by atoms with van der Waals surface area (Å²) in [6.07, 6.45) is 0.966. The van der Waals surface area contributed by atoms with Gasteiger partial charge in [-0.25, -0.2) is 0 Å². The third-order valence-electron chi connectivity index (χ3n) is 2.53. The minimum atomic E-state index is -0.284. The summed E-state index contributed by atoms with van der Waals surface area (Å²) in [7, 11) is 0. The van der Waals surface area contributed by atoms with Crippen LogP contribution in [0.15, 0.2) is 0 Å². The Bertz CT molecular complexity index is 172. The number of nitrogens with zero attached hydrogens (tertiary/aromatic N) is 1. The van der Waals surface area contributed by atoms with Crippen molar-refractivity contribution in [2.45, 2.75) is 19.4 Å². The number of aliphatic hydroxyl groups excluding tert-OH is 1. The smallest absolute Gasteiger partial charge is 0.234 e. The molecule has 1 saturated heterocycles. The molecule has 2 atom stereocenters. The van der Waals surface area contributed by atoms with Crippen LogP contribution >= 0.6 is 0 Å². The van der Waals surface area contributed by atoms with Crippen LogP contribution in [0.25, 0.3) is 0 Å². The normalized spacial score (nSPS) is 27.3. The van der Waals surface area contributed by atoms with Crippen molar-refractivity contribution in [1.29, 1.82) is 0 Å². The molecule has 2 unspecified atom stereocenters. The number of aliphatic hydroxyl groups is 1.